The lowest BCUT2D eigenvalue weighted by Gasteiger charge is -1.98. The molecule has 0 unspecified atom stereocenters. The lowest BCUT2D eigenvalue weighted by molar-refractivity contribution is 0.424. The fourth-order valence-corrected chi connectivity index (χ4v) is 0.993. The van der Waals surface area contributed by atoms with E-state index < -0.39 is 7.12 Å². The summed E-state index contributed by atoms with van der Waals surface area (Å²) in [5.74, 6) is 0. The third-order valence-electron chi connectivity index (χ3n) is 1.08. The van der Waals surface area contributed by atoms with Crippen molar-refractivity contribution in [1.82, 2.24) is 3.97 Å². The molecule has 0 aromatic carbocycles. The zero-order valence-corrected chi connectivity index (χ0v) is 5.75. The molecule has 0 bridgehead atoms. The van der Waals surface area contributed by atoms with E-state index in [1.807, 2.05) is 0 Å². The van der Waals surface area contributed by atoms with E-state index in [1.54, 1.807) is 0 Å². The number of hydrogen-bond donors (Lipinski definition) is 2. The van der Waals surface area contributed by atoms with E-state index in [2.05, 4.69) is 0 Å². The topological polar surface area (TPSA) is 45.4 Å². The van der Waals surface area contributed by atoms with Gasteiger partial charge in [-0.3, -0.25) is 3.97 Å². The van der Waals surface area contributed by atoms with Gasteiger partial charge in [-0.05, 0) is 12.1 Å². The van der Waals surface area contributed by atoms with Gasteiger partial charge in [-0.15, -0.1) is 3.89 Å². The normalized spacial score (nSPS) is 9.90. The summed E-state index contributed by atoms with van der Waals surface area (Å²) in [7, 11) is -1.61. The maximum Gasteiger partial charge on any atom is 0.507 e. The molecule has 1 aromatic rings. The van der Waals surface area contributed by atoms with E-state index in [0.717, 1.165) is 3.97 Å². The monoisotopic (exact) mass is 161 g/mol. The molecule has 1 rings (SSSR count). The molecule has 0 saturated heterocycles. The summed E-state index contributed by atoms with van der Waals surface area (Å²) in [5, 5.41) is 17.2. The Kier molecular flexibility index (Phi) is 2.36. The van der Waals surface area contributed by atoms with Crippen LogP contribution >= 0.6 is 12.3 Å². The second kappa shape index (κ2) is 3.09. The van der Waals surface area contributed by atoms with Crippen molar-refractivity contribution in [3.8, 4) is 0 Å². The highest BCUT2D eigenvalue weighted by Crippen LogP contribution is 2.04. The molecule has 0 aliphatic heterocycles. The van der Waals surface area contributed by atoms with Crippen molar-refractivity contribution in [2.45, 2.75) is 0 Å². The van der Waals surface area contributed by atoms with E-state index in [-0.39, 0.29) is 17.9 Å². The smallest absolute Gasteiger partial charge is 0.422 e. The molecule has 3 nitrogen and oxygen atoms in total. The summed E-state index contributed by atoms with van der Waals surface area (Å²) in [6.45, 7) is 0. The Morgan fingerprint density at radius 3 is 2.70 bits per heavy atom. The highest BCUT2D eigenvalue weighted by atomic mass is 32.2. The Morgan fingerprint density at radius 2 is 2.30 bits per heavy atom. The van der Waals surface area contributed by atoms with Crippen LogP contribution in [0, 0.1) is 0 Å². The van der Waals surface area contributed by atoms with Crippen LogP contribution in [0.3, 0.4) is 0 Å². The molecule has 6 heteroatoms. The first-order chi connectivity index (χ1) is 4.75. The summed E-state index contributed by atoms with van der Waals surface area (Å²) in [5.41, 5.74) is 0.132. The number of rotatable bonds is 2. The molecule has 10 heavy (non-hydrogen) atoms. The Hall–Kier alpha value is -0.455. The standard InChI is InChI=1S/C4H5BFNO2S/c6-10-7-3-1-2-4(7)5(8)9/h1-3,8-9H. The molecule has 0 aliphatic rings. The van der Waals surface area contributed by atoms with E-state index in [0.29, 0.717) is 0 Å². The molecular weight excluding hydrogens is 156 g/mol. The molecule has 54 valence electrons. The molecular formula is C4H5BFNO2S. The van der Waals surface area contributed by atoms with Crippen LogP contribution in [0.4, 0.5) is 3.89 Å². The van der Waals surface area contributed by atoms with Gasteiger partial charge in [-0.2, -0.15) is 0 Å². The van der Waals surface area contributed by atoms with Gasteiger partial charge in [-0.25, -0.2) is 0 Å². The summed E-state index contributed by atoms with van der Waals surface area (Å²) in [6.07, 6.45) is 1.40. The minimum Gasteiger partial charge on any atom is -0.422 e. The van der Waals surface area contributed by atoms with Gasteiger partial charge < -0.3 is 10.0 Å². The SMILES string of the molecule is OB(O)c1cccn1SF. The minimum atomic E-state index is -1.61. The second-order valence-electron chi connectivity index (χ2n) is 1.70. The lowest BCUT2D eigenvalue weighted by Crippen LogP contribution is -2.33. The molecule has 1 heterocycles. The number of halogens is 1. The third-order valence-corrected chi connectivity index (χ3v) is 1.56. The zero-order chi connectivity index (χ0) is 7.56. The lowest BCUT2D eigenvalue weighted by atomic mass is 9.87. The Bertz CT molecular complexity index is 217. The molecule has 0 aliphatic carbocycles. The average molecular weight is 161 g/mol. The fraction of sp³-hybridized carbons (Fsp3) is 0. The van der Waals surface area contributed by atoms with Gasteiger partial charge >= 0.3 is 7.12 Å². The van der Waals surface area contributed by atoms with Crippen molar-refractivity contribution in [1.29, 1.82) is 0 Å². The van der Waals surface area contributed by atoms with E-state index in [4.69, 9.17) is 10.0 Å². The van der Waals surface area contributed by atoms with Crippen LogP contribution in [0.25, 0.3) is 0 Å². The van der Waals surface area contributed by atoms with Crippen molar-refractivity contribution < 1.29 is 13.9 Å². The zero-order valence-electron chi connectivity index (χ0n) is 4.94. The Morgan fingerprint density at radius 1 is 1.60 bits per heavy atom. The predicted molar refractivity (Wildman–Crippen MR) is 38.4 cm³/mol. The first-order valence-corrected chi connectivity index (χ1v) is 3.25. The first kappa shape index (κ1) is 7.65. The molecule has 0 amide bonds. The minimum absolute atomic E-state index is 0.0729. The second-order valence-corrected chi connectivity index (χ2v) is 2.23. The average Bonchev–Trinajstić information content (AvgIpc) is 2.33. The van der Waals surface area contributed by atoms with Crippen LogP contribution in [0.15, 0.2) is 18.3 Å². The van der Waals surface area contributed by atoms with Crippen LogP contribution < -0.4 is 5.59 Å². The number of aromatic nitrogens is 1. The molecule has 0 atom stereocenters. The van der Waals surface area contributed by atoms with Crippen LogP contribution in [0.1, 0.15) is 0 Å². The van der Waals surface area contributed by atoms with Crippen LogP contribution in [-0.4, -0.2) is 21.1 Å². The quantitative estimate of drug-likeness (QED) is 0.577. The third kappa shape index (κ3) is 1.34. The fourth-order valence-electron chi connectivity index (χ4n) is 0.642. The number of hydrogen-bond acceptors (Lipinski definition) is 3. The van der Waals surface area contributed by atoms with Crippen molar-refractivity contribution in [2.75, 3.05) is 0 Å². The predicted octanol–water partition coefficient (Wildman–Crippen LogP) is -0.451. The van der Waals surface area contributed by atoms with Gasteiger partial charge in [0.05, 0.1) is 5.59 Å². The van der Waals surface area contributed by atoms with Crippen LogP contribution in [0.2, 0.25) is 0 Å². The van der Waals surface area contributed by atoms with Gasteiger partial charge in [-0.1, -0.05) is 0 Å². The Balaban J connectivity index is 2.90. The van der Waals surface area contributed by atoms with Crippen molar-refractivity contribution >= 4 is 25.0 Å². The molecule has 2 N–H and O–H groups in total. The summed E-state index contributed by atoms with van der Waals surface area (Å²) in [4.78, 5) is 0. The van der Waals surface area contributed by atoms with Gasteiger partial charge in [0, 0.05) is 6.20 Å². The van der Waals surface area contributed by atoms with Crippen LogP contribution in [-0.2, 0) is 0 Å². The molecule has 0 spiro atoms. The van der Waals surface area contributed by atoms with Crippen molar-refractivity contribution in [3.05, 3.63) is 18.3 Å². The van der Waals surface area contributed by atoms with E-state index in [9.17, 15) is 3.89 Å². The first-order valence-electron chi connectivity index (χ1n) is 2.58. The molecule has 0 saturated carbocycles. The number of nitrogens with zero attached hydrogens (tertiary/aromatic N) is 1. The highest BCUT2D eigenvalue weighted by molar-refractivity contribution is 7.92. The summed E-state index contributed by atoms with van der Waals surface area (Å²) in [6, 6.07) is 2.96. The van der Waals surface area contributed by atoms with Crippen molar-refractivity contribution in [3.63, 3.8) is 0 Å². The molecule has 0 radical (unpaired) electrons. The van der Waals surface area contributed by atoms with Crippen LogP contribution in [0.5, 0.6) is 0 Å². The van der Waals surface area contributed by atoms with Gasteiger partial charge in [0.2, 0.25) is 0 Å². The molecule has 0 fully saturated rings. The van der Waals surface area contributed by atoms with E-state index >= 15 is 0 Å². The maximum absolute atomic E-state index is 11.8. The largest absolute Gasteiger partial charge is 0.507 e. The van der Waals surface area contributed by atoms with Gasteiger partial charge in [0.25, 0.3) is 0 Å². The molecule has 1 aromatic heterocycles. The van der Waals surface area contributed by atoms with Crippen molar-refractivity contribution in [2.24, 2.45) is 0 Å². The van der Waals surface area contributed by atoms with Gasteiger partial charge in [0.1, 0.15) is 0 Å². The van der Waals surface area contributed by atoms with E-state index in [1.165, 1.54) is 18.3 Å². The summed E-state index contributed by atoms with van der Waals surface area (Å²) < 4.78 is 12.9. The summed E-state index contributed by atoms with van der Waals surface area (Å²) >= 11 is -0.0729. The maximum atomic E-state index is 11.8. The highest BCUT2D eigenvalue weighted by Gasteiger charge is 2.15. The Labute approximate surface area is 62.1 Å². The van der Waals surface area contributed by atoms with Gasteiger partial charge in [0.15, 0.2) is 12.3 Å².